The van der Waals surface area contributed by atoms with E-state index in [1.807, 2.05) is 42.6 Å². The van der Waals surface area contributed by atoms with E-state index in [1.165, 1.54) is 7.11 Å². The molecule has 0 saturated carbocycles. The quantitative estimate of drug-likeness (QED) is 0.822. The zero-order chi connectivity index (χ0) is 13.5. The van der Waals surface area contributed by atoms with Gasteiger partial charge in [-0.2, -0.15) is 0 Å². The van der Waals surface area contributed by atoms with Crippen LogP contribution in [0.5, 0.6) is 0 Å². The maximum Gasteiger partial charge on any atom is 0.413 e. The van der Waals surface area contributed by atoms with E-state index in [0.717, 1.165) is 5.56 Å². The lowest BCUT2D eigenvalue weighted by atomic mass is 10.1. The second kappa shape index (κ2) is 6.76. The lowest BCUT2D eigenvalue weighted by Gasteiger charge is -2.16. The second-order valence-electron chi connectivity index (χ2n) is 4.16. The van der Waals surface area contributed by atoms with Gasteiger partial charge in [-0.25, -0.2) is 4.79 Å². The van der Waals surface area contributed by atoms with Crippen molar-refractivity contribution >= 4 is 12.0 Å². The number of rotatable bonds is 4. The number of methoxy groups -OCH3 is 1. The molecule has 3 N–H and O–H groups in total. The van der Waals surface area contributed by atoms with Crippen molar-refractivity contribution in [3.8, 4) is 0 Å². The van der Waals surface area contributed by atoms with Gasteiger partial charge in [0, 0.05) is 5.56 Å². The highest BCUT2D eigenvalue weighted by Crippen LogP contribution is 2.06. The Balaban J connectivity index is 2.52. The Kier molecular flexibility index (Phi) is 5.32. The minimum atomic E-state index is -0.729. The second-order valence-corrected chi connectivity index (χ2v) is 4.16. The molecule has 1 rings (SSSR count). The SMILES string of the molecule is COC(=O)NC(=O)[C@@H](C)[NH2+][C@H](C)c1ccccc1. The molecule has 0 heterocycles. The first-order valence-electron chi connectivity index (χ1n) is 5.83. The van der Waals surface area contributed by atoms with E-state index in [9.17, 15) is 9.59 Å². The van der Waals surface area contributed by atoms with E-state index in [2.05, 4.69) is 10.1 Å². The van der Waals surface area contributed by atoms with Crippen LogP contribution in [0.2, 0.25) is 0 Å². The molecule has 0 radical (unpaired) electrons. The molecular weight excluding hydrogens is 232 g/mol. The molecule has 98 valence electrons. The molecule has 5 heteroatoms. The van der Waals surface area contributed by atoms with Crippen LogP contribution in [0, 0.1) is 0 Å². The van der Waals surface area contributed by atoms with Crippen LogP contribution in [0.15, 0.2) is 30.3 Å². The summed E-state index contributed by atoms with van der Waals surface area (Å²) in [7, 11) is 1.23. The van der Waals surface area contributed by atoms with Crippen molar-refractivity contribution in [2.45, 2.75) is 25.9 Å². The van der Waals surface area contributed by atoms with Crippen LogP contribution in [0.1, 0.15) is 25.5 Å². The van der Waals surface area contributed by atoms with Crippen LogP contribution in [0.3, 0.4) is 0 Å². The highest BCUT2D eigenvalue weighted by Gasteiger charge is 2.21. The van der Waals surface area contributed by atoms with Crippen LogP contribution in [0.4, 0.5) is 4.79 Å². The van der Waals surface area contributed by atoms with Crippen molar-refractivity contribution in [2.75, 3.05) is 7.11 Å². The Hall–Kier alpha value is -1.88. The van der Waals surface area contributed by atoms with Crippen molar-refractivity contribution < 1.29 is 19.6 Å². The fraction of sp³-hybridized carbons (Fsp3) is 0.385. The number of nitrogens with two attached hydrogens (primary N) is 1. The first-order valence-corrected chi connectivity index (χ1v) is 5.83. The number of carbonyl (C=O) groups is 2. The van der Waals surface area contributed by atoms with Crippen molar-refractivity contribution in [3.63, 3.8) is 0 Å². The number of alkyl carbamates (subject to hydrolysis) is 1. The molecule has 0 aromatic heterocycles. The van der Waals surface area contributed by atoms with Crippen LogP contribution in [-0.4, -0.2) is 25.2 Å². The molecule has 1 aromatic carbocycles. The Morgan fingerprint density at radius 2 is 1.83 bits per heavy atom. The molecule has 0 unspecified atom stereocenters. The van der Waals surface area contributed by atoms with Crippen LogP contribution in [0.25, 0.3) is 0 Å². The smallest absolute Gasteiger partial charge is 0.413 e. The van der Waals surface area contributed by atoms with Crippen LogP contribution >= 0.6 is 0 Å². The van der Waals surface area contributed by atoms with Gasteiger partial charge < -0.3 is 10.1 Å². The summed E-state index contributed by atoms with van der Waals surface area (Å²) < 4.78 is 4.38. The molecule has 1 aromatic rings. The van der Waals surface area contributed by atoms with Gasteiger partial charge in [-0.1, -0.05) is 30.3 Å². The lowest BCUT2D eigenvalue weighted by molar-refractivity contribution is -0.710. The van der Waals surface area contributed by atoms with Crippen molar-refractivity contribution in [3.05, 3.63) is 35.9 Å². The number of benzene rings is 1. The van der Waals surface area contributed by atoms with E-state index in [-0.39, 0.29) is 18.0 Å². The van der Waals surface area contributed by atoms with Crippen LogP contribution < -0.4 is 10.6 Å². The van der Waals surface area contributed by atoms with Crippen molar-refractivity contribution in [1.82, 2.24) is 5.32 Å². The maximum absolute atomic E-state index is 11.6. The fourth-order valence-corrected chi connectivity index (χ4v) is 1.65. The number of hydrogen-bond acceptors (Lipinski definition) is 3. The average Bonchev–Trinajstić information content (AvgIpc) is 2.39. The number of quaternary nitrogens is 1. The highest BCUT2D eigenvalue weighted by atomic mass is 16.5. The molecule has 5 nitrogen and oxygen atoms in total. The topological polar surface area (TPSA) is 72.0 Å². The third-order valence-electron chi connectivity index (χ3n) is 2.73. The van der Waals surface area contributed by atoms with Gasteiger partial charge in [0.25, 0.3) is 5.91 Å². The van der Waals surface area contributed by atoms with Gasteiger partial charge in [-0.15, -0.1) is 0 Å². The predicted molar refractivity (Wildman–Crippen MR) is 66.8 cm³/mol. The van der Waals surface area contributed by atoms with Crippen molar-refractivity contribution in [1.29, 1.82) is 0 Å². The third-order valence-corrected chi connectivity index (χ3v) is 2.73. The molecule has 0 saturated heterocycles. The summed E-state index contributed by atoms with van der Waals surface area (Å²) in [5, 5.41) is 4.05. The largest absolute Gasteiger partial charge is 0.453 e. The first kappa shape index (κ1) is 14.2. The lowest BCUT2D eigenvalue weighted by Crippen LogP contribution is -2.92. The standard InChI is InChI=1S/C13H18N2O3/c1-9(11-7-5-4-6-8-11)14-10(2)12(16)15-13(17)18-3/h4-10,14H,1-3H3,(H,15,16,17)/p+1/t9-,10-/m1/s1. The Labute approximate surface area is 107 Å². The predicted octanol–water partition coefficient (Wildman–Crippen LogP) is 0.582. The molecular formula is C13H19N2O3+. The molecule has 2 atom stereocenters. The van der Waals surface area contributed by atoms with E-state index >= 15 is 0 Å². The number of carbonyl (C=O) groups excluding carboxylic acids is 2. The molecule has 0 bridgehead atoms. The van der Waals surface area contributed by atoms with Gasteiger partial charge in [0.2, 0.25) is 0 Å². The minimum absolute atomic E-state index is 0.143. The molecule has 0 aliphatic heterocycles. The summed E-state index contributed by atoms with van der Waals surface area (Å²) in [5.41, 5.74) is 1.13. The van der Waals surface area contributed by atoms with E-state index < -0.39 is 6.09 Å². The minimum Gasteiger partial charge on any atom is -0.453 e. The molecule has 0 fully saturated rings. The summed E-state index contributed by atoms with van der Waals surface area (Å²) >= 11 is 0. The molecule has 0 spiro atoms. The Morgan fingerprint density at radius 3 is 2.39 bits per heavy atom. The Bertz CT molecular complexity index is 406. The normalized spacial score (nSPS) is 13.5. The highest BCUT2D eigenvalue weighted by molar-refractivity contribution is 5.93. The number of imide groups is 1. The maximum atomic E-state index is 11.6. The zero-order valence-electron chi connectivity index (χ0n) is 10.8. The van der Waals surface area contributed by atoms with Gasteiger partial charge in [-0.05, 0) is 13.8 Å². The summed E-state index contributed by atoms with van der Waals surface area (Å²) in [6.45, 7) is 3.76. The number of hydrogen-bond donors (Lipinski definition) is 2. The van der Waals surface area contributed by atoms with Gasteiger partial charge >= 0.3 is 6.09 Å². The average molecular weight is 251 g/mol. The zero-order valence-corrected chi connectivity index (χ0v) is 10.8. The Morgan fingerprint density at radius 1 is 1.22 bits per heavy atom. The molecule has 2 amide bonds. The fourth-order valence-electron chi connectivity index (χ4n) is 1.65. The number of nitrogens with one attached hydrogen (secondary N) is 1. The summed E-state index contributed by atoms with van der Waals surface area (Å²) in [6.07, 6.45) is -0.729. The van der Waals surface area contributed by atoms with Gasteiger partial charge in [0.1, 0.15) is 6.04 Å². The molecule has 0 aliphatic rings. The molecule has 18 heavy (non-hydrogen) atoms. The summed E-state index contributed by atoms with van der Waals surface area (Å²) in [5.74, 6) is -0.357. The molecule has 0 aliphatic carbocycles. The summed E-state index contributed by atoms with van der Waals surface area (Å²) in [6, 6.07) is 9.66. The van der Waals surface area contributed by atoms with E-state index in [1.54, 1.807) is 6.92 Å². The van der Waals surface area contributed by atoms with Crippen molar-refractivity contribution in [2.24, 2.45) is 0 Å². The van der Waals surface area contributed by atoms with Crippen LogP contribution in [-0.2, 0) is 9.53 Å². The van der Waals surface area contributed by atoms with Gasteiger partial charge in [-0.3, -0.25) is 10.1 Å². The monoisotopic (exact) mass is 251 g/mol. The van der Waals surface area contributed by atoms with E-state index in [4.69, 9.17) is 0 Å². The van der Waals surface area contributed by atoms with Gasteiger partial charge in [0.15, 0.2) is 6.04 Å². The van der Waals surface area contributed by atoms with E-state index in [0.29, 0.717) is 0 Å². The third kappa shape index (κ3) is 4.18. The number of amides is 2. The first-order chi connectivity index (χ1) is 8.54. The van der Waals surface area contributed by atoms with Gasteiger partial charge in [0.05, 0.1) is 7.11 Å². The summed E-state index contributed by atoms with van der Waals surface area (Å²) in [4.78, 5) is 22.6. The number of ether oxygens (including phenoxy) is 1.